The lowest BCUT2D eigenvalue weighted by Gasteiger charge is -2.13. The van der Waals surface area contributed by atoms with Crippen LogP contribution in [0, 0.1) is 12.8 Å². The standard InChI is InChI=1S/C21H28N6O/c1-15(2)13-27-10-9-23-19(27)12-25-21(22-4)24-11-18-14-28-20(26-18)17-7-5-16(3)6-8-17/h5-10,14-15H,11-13H2,1-4H3,(H2,22,24,25). The molecule has 0 saturated heterocycles. The third kappa shape index (κ3) is 5.22. The van der Waals surface area contributed by atoms with Crippen molar-refractivity contribution in [1.82, 2.24) is 25.2 Å². The number of benzene rings is 1. The summed E-state index contributed by atoms with van der Waals surface area (Å²) in [5.41, 5.74) is 3.00. The molecule has 0 aliphatic rings. The van der Waals surface area contributed by atoms with E-state index in [2.05, 4.69) is 50.9 Å². The van der Waals surface area contributed by atoms with Crippen LogP contribution in [0.4, 0.5) is 0 Å². The number of imidazole rings is 1. The number of oxazole rings is 1. The second-order valence-electron chi connectivity index (χ2n) is 7.18. The van der Waals surface area contributed by atoms with Gasteiger partial charge in [0.1, 0.15) is 12.1 Å². The Bertz CT molecular complexity index is 907. The van der Waals surface area contributed by atoms with Crippen molar-refractivity contribution in [2.45, 2.75) is 40.4 Å². The zero-order chi connectivity index (χ0) is 19.9. The quantitative estimate of drug-likeness (QED) is 0.485. The molecule has 2 N–H and O–H groups in total. The van der Waals surface area contributed by atoms with E-state index in [1.54, 1.807) is 13.3 Å². The topological polar surface area (TPSA) is 80.3 Å². The molecule has 0 atom stereocenters. The first-order valence-electron chi connectivity index (χ1n) is 9.51. The molecule has 0 amide bonds. The molecule has 3 rings (SSSR count). The summed E-state index contributed by atoms with van der Waals surface area (Å²) in [6, 6.07) is 8.12. The number of hydrogen-bond acceptors (Lipinski definition) is 4. The molecule has 0 fully saturated rings. The number of nitrogens with one attached hydrogen (secondary N) is 2. The Kier molecular flexibility index (Phi) is 6.47. The van der Waals surface area contributed by atoms with Crippen LogP contribution in [0.5, 0.6) is 0 Å². The van der Waals surface area contributed by atoms with E-state index < -0.39 is 0 Å². The molecule has 7 nitrogen and oxygen atoms in total. The molecule has 0 aliphatic heterocycles. The van der Waals surface area contributed by atoms with Gasteiger partial charge >= 0.3 is 0 Å². The van der Waals surface area contributed by atoms with Gasteiger partial charge in [-0.1, -0.05) is 31.5 Å². The van der Waals surface area contributed by atoms with Gasteiger partial charge in [0.15, 0.2) is 5.96 Å². The summed E-state index contributed by atoms with van der Waals surface area (Å²) < 4.78 is 7.77. The van der Waals surface area contributed by atoms with Gasteiger partial charge in [-0.2, -0.15) is 0 Å². The van der Waals surface area contributed by atoms with Gasteiger partial charge in [0, 0.05) is 31.5 Å². The van der Waals surface area contributed by atoms with Crippen molar-refractivity contribution >= 4 is 5.96 Å². The highest BCUT2D eigenvalue weighted by Gasteiger charge is 2.09. The first kappa shape index (κ1) is 19.7. The molecule has 1 aromatic carbocycles. The molecule has 0 spiro atoms. The summed E-state index contributed by atoms with van der Waals surface area (Å²) in [5.74, 6) is 2.87. The summed E-state index contributed by atoms with van der Waals surface area (Å²) in [5, 5.41) is 6.56. The Hall–Kier alpha value is -3.09. The van der Waals surface area contributed by atoms with Crippen LogP contribution in [0.15, 0.2) is 52.3 Å². The van der Waals surface area contributed by atoms with Crippen LogP contribution < -0.4 is 10.6 Å². The van der Waals surface area contributed by atoms with Crippen molar-refractivity contribution in [2.75, 3.05) is 7.05 Å². The van der Waals surface area contributed by atoms with E-state index in [0.29, 0.717) is 30.9 Å². The fourth-order valence-electron chi connectivity index (χ4n) is 2.84. The second-order valence-corrected chi connectivity index (χ2v) is 7.18. The number of aryl methyl sites for hydroxylation is 1. The molecule has 3 aromatic rings. The molecule has 7 heteroatoms. The second kappa shape index (κ2) is 9.21. The van der Waals surface area contributed by atoms with Gasteiger partial charge in [0.05, 0.1) is 18.8 Å². The summed E-state index contributed by atoms with van der Waals surface area (Å²) in [6.07, 6.45) is 5.51. The minimum absolute atomic E-state index is 0.523. The van der Waals surface area contributed by atoms with Crippen LogP contribution in [0.1, 0.15) is 30.9 Å². The molecule has 28 heavy (non-hydrogen) atoms. The van der Waals surface area contributed by atoms with Crippen molar-refractivity contribution in [3.63, 3.8) is 0 Å². The largest absolute Gasteiger partial charge is 0.444 e. The monoisotopic (exact) mass is 380 g/mol. The van der Waals surface area contributed by atoms with E-state index in [-0.39, 0.29) is 0 Å². The van der Waals surface area contributed by atoms with Crippen molar-refractivity contribution in [3.05, 3.63) is 60.0 Å². The fraction of sp³-hybridized carbons (Fsp3) is 0.381. The van der Waals surface area contributed by atoms with Crippen LogP contribution in [0.2, 0.25) is 0 Å². The van der Waals surface area contributed by atoms with Crippen molar-refractivity contribution in [1.29, 1.82) is 0 Å². The number of hydrogen-bond donors (Lipinski definition) is 2. The molecule has 0 unspecified atom stereocenters. The van der Waals surface area contributed by atoms with E-state index in [0.717, 1.165) is 23.6 Å². The van der Waals surface area contributed by atoms with E-state index in [1.165, 1.54) is 5.56 Å². The Balaban J connectivity index is 1.53. The van der Waals surface area contributed by atoms with Crippen molar-refractivity contribution in [3.8, 4) is 11.5 Å². The van der Waals surface area contributed by atoms with Gasteiger partial charge < -0.3 is 19.6 Å². The van der Waals surface area contributed by atoms with Gasteiger partial charge in [-0.25, -0.2) is 9.97 Å². The highest BCUT2D eigenvalue weighted by Crippen LogP contribution is 2.18. The van der Waals surface area contributed by atoms with E-state index in [1.807, 2.05) is 36.7 Å². The van der Waals surface area contributed by atoms with E-state index in [9.17, 15) is 0 Å². The maximum atomic E-state index is 5.60. The number of guanidine groups is 1. The normalized spacial score (nSPS) is 11.8. The molecule has 0 saturated carbocycles. The molecule has 2 heterocycles. The third-order valence-corrected chi connectivity index (χ3v) is 4.29. The summed E-state index contributed by atoms with van der Waals surface area (Å²) in [7, 11) is 1.75. The van der Waals surface area contributed by atoms with Gasteiger partial charge in [-0.15, -0.1) is 0 Å². The molecular formula is C21H28N6O. The van der Waals surface area contributed by atoms with Crippen LogP contribution in [-0.4, -0.2) is 27.5 Å². The molecule has 148 valence electrons. The Labute approximate surface area is 165 Å². The summed E-state index contributed by atoms with van der Waals surface area (Å²) >= 11 is 0. The zero-order valence-corrected chi connectivity index (χ0v) is 16.9. The third-order valence-electron chi connectivity index (χ3n) is 4.29. The maximum Gasteiger partial charge on any atom is 0.226 e. The Morgan fingerprint density at radius 2 is 1.93 bits per heavy atom. The van der Waals surface area contributed by atoms with Gasteiger partial charge in [-0.3, -0.25) is 4.99 Å². The molecule has 0 aliphatic carbocycles. The van der Waals surface area contributed by atoms with Crippen LogP contribution >= 0.6 is 0 Å². The molecule has 0 bridgehead atoms. The summed E-state index contributed by atoms with van der Waals surface area (Å²) in [4.78, 5) is 13.2. The summed E-state index contributed by atoms with van der Waals surface area (Å²) in [6.45, 7) is 8.52. The number of rotatable bonds is 7. The minimum Gasteiger partial charge on any atom is -0.444 e. The van der Waals surface area contributed by atoms with Crippen molar-refractivity contribution in [2.24, 2.45) is 10.9 Å². The first-order chi connectivity index (χ1) is 13.5. The number of aromatic nitrogens is 3. The van der Waals surface area contributed by atoms with Gasteiger partial charge in [0.25, 0.3) is 0 Å². The lowest BCUT2D eigenvalue weighted by molar-refractivity contribution is 0.503. The lowest BCUT2D eigenvalue weighted by atomic mass is 10.1. The van der Waals surface area contributed by atoms with Gasteiger partial charge in [0.2, 0.25) is 5.89 Å². The highest BCUT2D eigenvalue weighted by molar-refractivity contribution is 5.79. The number of aliphatic imine (C=N–C) groups is 1. The molecular weight excluding hydrogens is 352 g/mol. The Morgan fingerprint density at radius 1 is 1.18 bits per heavy atom. The number of nitrogens with zero attached hydrogens (tertiary/aromatic N) is 4. The Morgan fingerprint density at radius 3 is 2.64 bits per heavy atom. The highest BCUT2D eigenvalue weighted by atomic mass is 16.3. The SMILES string of the molecule is CN=C(NCc1coc(-c2ccc(C)cc2)n1)NCc1nccn1CC(C)C. The average Bonchev–Trinajstić information content (AvgIpc) is 3.32. The van der Waals surface area contributed by atoms with Crippen LogP contribution in [-0.2, 0) is 19.6 Å². The average molecular weight is 380 g/mol. The maximum absolute atomic E-state index is 5.60. The molecule has 2 aromatic heterocycles. The van der Waals surface area contributed by atoms with Crippen LogP contribution in [0.3, 0.4) is 0 Å². The zero-order valence-electron chi connectivity index (χ0n) is 16.9. The predicted octanol–water partition coefficient (Wildman–Crippen LogP) is 3.37. The van der Waals surface area contributed by atoms with Gasteiger partial charge in [-0.05, 0) is 25.0 Å². The van der Waals surface area contributed by atoms with Crippen LogP contribution in [0.25, 0.3) is 11.5 Å². The van der Waals surface area contributed by atoms with E-state index in [4.69, 9.17) is 4.42 Å². The molecule has 0 radical (unpaired) electrons. The van der Waals surface area contributed by atoms with E-state index >= 15 is 0 Å². The predicted molar refractivity (Wildman–Crippen MR) is 111 cm³/mol. The minimum atomic E-state index is 0.523. The lowest BCUT2D eigenvalue weighted by Crippen LogP contribution is -2.37. The smallest absolute Gasteiger partial charge is 0.226 e. The fourth-order valence-corrected chi connectivity index (χ4v) is 2.84. The first-order valence-corrected chi connectivity index (χ1v) is 9.51. The van der Waals surface area contributed by atoms with Crippen molar-refractivity contribution < 1.29 is 4.42 Å².